The Morgan fingerprint density at radius 1 is 1.38 bits per heavy atom. The van der Waals surface area contributed by atoms with Crippen molar-refractivity contribution in [1.82, 2.24) is 5.32 Å². The summed E-state index contributed by atoms with van der Waals surface area (Å²) in [6, 6.07) is 3.55. The van der Waals surface area contributed by atoms with E-state index in [0.717, 1.165) is 0 Å². The predicted molar refractivity (Wildman–Crippen MR) is 91.9 cm³/mol. The molecule has 1 unspecified atom stereocenters. The molecule has 1 heterocycles. The van der Waals surface area contributed by atoms with E-state index in [1.807, 2.05) is 5.38 Å². The molecule has 0 aliphatic heterocycles. The molecule has 0 aliphatic carbocycles. The van der Waals surface area contributed by atoms with Crippen molar-refractivity contribution in [2.24, 2.45) is 5.41 Å². The second kappa shape index (κ2) is 8.91. The number of anilines is 1. The summed E-state index contributed by atoms with van der Waals surface area (Å²) < 4.78 is 0. The van der Waals surface area contributed by atoms with E-state index in [1.54, 1.807) is 32.9 Å². The molecular formula is C16H24N2O5S. The van der Waals surface area contributed by atoms with Gasteiger partial charge in [-0.15, -0.1) is 11.3 Å². The van der Waals surface area contributed by atoms with Gasteiger partial charge in [-0.3, -0.25) is 19.3 Å². The molecule has 24 heavy (non-hydrogen) atoms. The summed E-state index contributed by atoms with van der Waals surface area (Å²) in [5.41, 5.74) is -0.984. The maximum absolute atomic E-state index is 12.2. The van der Waals surface area contributed by atoms with E-state index in [9.17, 15) is 19.5 Å². The Hall–Kier alpha value is -1.77. The second-order valence-corrected chi connectivity index (χ2v) is 6.94. The fourth-order valence-corrected chi connectivity index (χ4v) is 2.71. The minimum Gasteiger partial charge on any atom is -0.396 e. The Morgan fingerprint density at radius 2 is 2.04 bits per heavy atom. The Balaban J connectivity index is 2.51. The van der Waals surface area contributed by atoms with Crippen molar-refractivity contribution in [2.45, 2.75) is 33.3 Å². The van der Waals surface area contributed by atoms with Crippen LogP contribution in [0.1, 0.15) is 27.2 Å². The van der Waals surface area contributed by atoms with Crippen molar-refractivity contribution >= 4 is 33.9 Å². The number of hydrogen-bond donors (Lipinski definition) is 3. The third-order valence-electron chi connectivity index (χ3n) is 3.62. The highest BCUT2D eigenvalue weighted by Crippen LogP contribution is 2.21. The fourth-order valence-electron chi connectivity index (χ4n) is 1.92. The van der Waals surface area contributed by atoms with Gasteiger partial charge in [-0.25, -0.2) is 0 Å². The molecule has 8 heteroatoms. The topological polar surface area (TPSA) is 107 Å². The molecule has 0 radical (unpaired) electrons. The van der Waals surface area contributed by atoms with E-state index in [-0.39, 0.29) is 19.6 Å². The lowest BCUT2D eigenvalue weighted by Crippen LogP contribution is -2.46. The maximum Gasteiger partial charge on any atom is 0.295 e. The smallest absolute Gasteiger partial charge is 0.295 e. The Bertz CT molecular complexity index is 571. The number of carbonyl (C=O) groups is 3. The van der Waals surface area contributed by atoms with Crippen molar-refractivity contribution in [1.29, 1.82) is 0 Å². The molecule has 0 saturated heterocycles. The number of aliphatic hydroxyl groups is 2. The van der Waals surface area contributed by atoms with Crippen LogP contribution in [0.2, 0.25) is 0 Å². The highest BCUT2D eigenvalue weighted by molar-refractivity contribution is 7.14. The molecule has 3 N–H and O–H groups in total. The number of hydrogen-bond acceptors (Lipinski definition) is 6. The van der Waals surface area contributed by atoms with Crippen LogP contribution < -0.4 is 10.2 Å². The van der Waals surface area contributed by atoms with Crippen LogP contribution in [-0.4, -0.2) is 53.6 Å². The van der Waals surface area contributed by atoms with Gasteiger partial charge in [-0.1, -0.05) is 13.8 Å². The maximum atomic E-state index is 12.2. The third-order valence-corrected chi connectivity index (χ3v) is 4.51. The zero-order valence-corrected chi connectivity index (χ0v) is 14.9. The third kappa shape index (κ3) is 5.12. The van der Waals surface area contributed by atoms with E-state index in [0.29, 0.717) is 11.5 Å². The summed E-state index contributed by atoms with van der Waals surface area (Å²) in [4.78, 5) is 37.4. The number of ketones is 1. The summed E-state index contributed by atoms with van der Waals surface area (Å²) >= 11 is 1.37. The molecule has 0 bridgehead atoms. The Labute approximate surface area is 145 Å². The number of nitrogens with one attached hydrogen (secondary N) is 1. The number of nitrogens with zero attached hydrogens (tertiary/aromatic N) is 1. The van der Waals surface area contributed by atoms with Crippen molar-refractivity contribution in [2.75, 3.05) is 24.6 Å². The number of rotatable bonds is 9. The zero-order valence-electron chi connectivity index (χ0n) is 14.1. The predicted octanol–water partition coefficient (Wildman–Crippen LogP) is 0.556. The van der Waals surface area contributed by atoms with Crippen LogP contribution >= 0.6 is 11.3 Å². The quantitative estimate of drug-likeness (QED) is 0.560. The average Bonchev–Trinajstić information content (AvgIpc) is 3.08. The largest absolute Gasteiger partial charge is 0.396 e. The van der Waals surface area contributed by atoms with Crippen molar-refractivity contribution in [3.8, 4) is 0 Å². The Morgan fingerprint density at radius 3 is 2.54 bits per heavy atom. The van der Waals surface area contributed by atoms with Crippen molar-refractivity contribution < 1.29 is 24.6 Å². The molecule has 2 amide bonds. The van der Waals surface area contributed by atoms with Crippen LogP contribution in [0.3, 0.4) is 0 Å². The van der Waals surface area contributed by atoms with Crippen LogP contribution in [0.5, 0.6) is 0 Å². The van der Waals surface area contributed by atoms with Crippen LogP contribution in [-0.2, 0) is 14.4 Å². The van der Waals surface area contributed by atoms with Crippen LogP contribution in [0.15, 0.2) is 17.5 Å². The van der Waals surface area contributed by atoms with Gasteiger partial charge in [0.15, 0.2) is 0 Å². The van der Waals surface area contributed by atoms with E-state index in [2.05, 4.69) is 5.32 Å². The summed E-state index contributed by atoms with van der Waals surface area (Å²) in [5, 5.41) is 23.9. The minimum absolute atomic E-state index is 0.0516. The summed E-state index contributed by atoms with van der Waals surface area (Å²) in [6.07, 6.45) is -1.55. The molecule has 134 valence electrons. The monoisotopic (exact) mass is 356 g/mol. The number of amides is 2. The van der Waals surface area contributed by atoms with Gasteiger partial charge < -0.3 is 15.5 Å². The van der Waals surface area contributed by atoms with E-state index in [4.69, 9.17) is 5.11 Å². The molecule has 0 aliphatic rings. The lowest BCUT2D eigenvalue weighted by molar-refractivity contribution is -0.138. The van der Waals surface area contributed by atoms with E-state index in [1.165, 1.54) is 16.2 Å². The van der Waals surface area contributed by atoms with Gasteiger partial charge in [0.05, 0.1) is 11.6 Å². The number of thiophene rings is 1. The molecule has 1 rings (SSSR count). The first kappa shape index (κ1) is 20.3. The number of aliphatic hydroxyl groups excluding tert-OH is 2. The first-order chi connectivity index (χ1) is 11.2. The SMILES string of the molecule is CCN(C(=O)C(=O)CCNC(=O)C(O)C(C)(C)CO)c1cccs1. The van der Waals surface area contributed by atoms with Crippen molar-refractivity contribution in [3.05, 3.63) is 17.5 Å². The van der Waals surface area contributed by atoms with Crippen LogP contribution in [0, 0.1) is 5.41 Å². The van der Waals surface area contributed by atoms with E-state index < -0.39 is 29.1 Å². The van der Waals surface area contributed by atoms with Gasteiger partial charge in [0.1, 0.15) is 6.10 Å². The first-order valence-corrected chi connectivity index (χ1v) is 8.57. The minimum atomic E-state index is -1.40. The summed E-state index contributed by atoms with van der Waals surface area (Å²) in [5.74, 6) is -1.91. The van der Waals surface area contributed by atoms with Gasteiger partial charge in [-0.05, 0) is 24.4 Å². The molecular weight excluding hydrogens is 332 g/mol. The molecule has 0 fully saturated rings. The summed E-state index contributed by atoms with van der Waals surface area (Å²) in [6.45, 7) is 4.84. The van der Waals surface area contributed by atoms with Gasteiger partial charge in [0.2, 0.25) is 11.7 Å². The number of Topliss-reactive ketones (excluding diaryl/α,β-unsaturated/α-hetero) is 1. The zero-order chi connectivity index (χ0) is 18.3. The lowest BCUT2D eigenvalue weighted by atomic mass is 9.87. The fraction of sp³-hybridized carbons (Fsp3) is 0.562. The van der Waals surface area contributed by atoms with Crippen LogP contribution in [0.4, 0.5) is 5.00 Å². The van der Waals surface area contributed by atoms with Gasteiger partial charge in [-0.2, -0.15) is 0 Å². The average molecular weight is 356 g/mol. The second-order valence-electron chi connectivity index (χ2n) is 6.01. The van der Waals surface area contributed by atoms with Gasteiger partial charge >= 0.3 is 0 Å². The molecule has 1 aromatic heterocycles. The highest BCUT2D eigenvalue weighted by atomic mass is 32.1. The number of likely N-dealkylation sites (N-methyl/N-ethyl adjacent to an activating group) is 1. The normalized spacial score (nSPS) is 12.5. The lowest BCUT2D eigenvalue weighted by Gasteiger charge is -2.27. The molecule has 7 nitrogen and oxygen atoms in total. The first-order valence-electron chi connectivity index (χ1n) is 7.69. The molecule has 0 aromatic carbocycles. The van der Waals surface area contributed by atoms with Crippen LogP contribution in [0.25, 0.3) is 0 Å². The standard InChI is InChI=1S/C16H24N2O5S/c1-4-18(12-6-5-9-24-12)15(23)11(20)7-8-17-14(22)13(21)16(2,3)10-19/h5-6,9,13,19,21H,4,7-8,10H2,1-3H3,(H,17,22). The highest BCUT2D eigenvalue weighted by Gasteiger charge is 2.33. The Kier molecular flexibility index (Phi) is 7.53. The molecule has 0 saturated carbocycles. The summed E-state index contributed by atoms with van der Waals surface area (Å²) in [7, 11) is 0. The molecule has 0 spiro atoms. The van der Waals surface area contributed by atoms with Gasteiger partial charge in [0.25, 0.3) is 5.91 Å². The van der Waals surface area contributed by atoms with E-state index >= 15 is 0 Å². The van der Waals surface area contributed by atoms with Crippen molar-refractivity contribution in [3.63, 3.8) is 0 Å². The number of carbonyl (C=O) groups excluding carboxylic acids is 3. The molecule has 1 aromatic rings. The molecule has 1 atom stereocenters. The van der Waals surface area contributed by atoms with Gasteiger partial charge in [0, 0.05) is 24.9 Å².